The van der Waals surface area contributed by atoms with Crippen LogP contribution in [0.15, 0.2) is 30.5 Å². The molecule has 0 unspecified atom stereocenters. The van der Waals surface area contributed by atoms with Gasteiger partial charge in [0.05, 0.1) is 12.2 Å². The zero-order valence-electron chi connectivity index (χ0n) is 13.7. The highest BCUT2D eigenvalue weighted by Crippen LogP contribution is 2.04. The van der Waals surface area contributed by atoms with Crippen molar-refractivity contribution >= 4 is 17.9 Å². The van der Waals surface area contributed by atoms with Crippen LogP contribution in [0.25, 0.3) is 6.08 Å². The number of pyridine rings is 1. The molecule has 1 aliphatic heterocycles. The van der Waals surface area contributed by atoms with Crippen molar-refractivity contribution in [3.8, 4) is 0 Å². The van der Waals surface area contributed by atoms with E-state index in [0.29, 0.717) is 32.7 Å². The van der Waals surface area contributed by atoms with Gasteiger partial charge in [0, 0.05) is 44.5 Å². The van der Waals surface area contributed by atoms with E-state index in [1.165, 1.54) is 0 Å². The number of nitrogens with one attached hydrogen (secondary N) is 1. The molecule has 0 saturated carbocycles. The summed E-state index contributed by atoms with van der Waals surface area (Å²) < 4.78 is 0. The molecule has 1 saturated heterocycles. The molecule has 1 aromatic heterocycles. The van der Waals surface area contributed by atoms with E-state index in [1.54, 1.807) is 23.2 Å². The molecular formula is C17H24N4O2. The number of hydrogen-bond donors (Lipinski definition) is 1. The summed E-state index contributed by atoms with van der Waals surface area (Å²) in [5, 5.41) is 2.88. The number of piperazine rings is 1. The van der Waals surface area contributed by atoms with Crippen LogP contribution in [0.1, 0.15) is 19.5 Å². The molecule has 0 bridgehead atoms. The standard InChI is InChI=1S/C17H24N4O2/c1-14(2)19-16(22)13-20-9-11-21(12-10-20)17(23)7-6-15-5-3-4-8-18-15/h3-8,14H,9-13H2,1-2H3,(H,19,22). The van der Waals surface area contributed by atoms with Crippen molar-refractivity contribution in [3.05, 3.63) is 36.2 Å². The number of hydrogen-bond acceptors (Lipinski definition) is 4. The van der Waals surface area contributed by atoms with Crippen LogP contribution in [0.3, 0.4) is 0 Å². The van der Waals surface area contributed by atoms with Crippen molar-refractivity contribution in [1.82, 2.24) is 20.1 Å². The molecule has 1 aromatic rings. The summed E-state index contributed by atoms with van der Waals surface area (Å²) in [7, 11) is 0. The van der Waals surface area contributed by atoms with Crippen LogP contribution in [0.4, 0.5) is 0 Å². The predicted octanol–water partition coefficient (Wildman–Crippen LogP) is 0.764. The molecule has 23 heavy (non-hydrogen) atoms. The lowest BCUT2D eigenvalue weighted by Crippen LogP contribution is -2.51. The summed E-state index contributed by atoms with van der Waals surface area (Å²) in [6.45, 7) is 7.00. The SMILES string of the molecule is CC(C)NC(=O)CN1CCN(C(=O)C=Cc2ccccn2)CC1. The molecule has 6 nitrogen and oxygen atoms in total. The van der Waals surface area contributed by atoms with Gasteiger partial charge in [0.1, 0.15) is 0 Å². The third-order valence-electron chi connectivity index (χ3n) is 3.59. The predicted molar refractivity (Wildman–Crippen MR) is 89.6 cm³/mol. The monoisotopic (exact) mass is 316 g/mol. The van der Waals surface area contributed by atoms with Gasteiger partial charge < -0.3 is 10.2 Å². The lowest BCUT2D eigenvalue weighted by molar-refractivity contribution is -0.128. The Morgan fingerprint density at radius 2 is 2.00 bits per heavy atom. The summed E-state index contributed by atoms with van der Waals surface area (Å²) >= 11 is 0. The Hall–Kier alpha value is -2.21. The Morgan fingerprint density at radius 1 is 1.26 bits per heavy atom. The van der Waals surface area contributed by atoms with E-state index in [9.17, 15) is 9.59 Å². The van der Waals surface area contributed by atoms with Crippen LogP contribution in [0.2, 0.25) is 0 Å². The second-order valence-corrected chi connectivity index (χ2v) is 5.91. The van der Waals surface area contributed by atoms with Gasteiger partial charge >= 0.3 is 0 Å². The molecule has 2 rings (SSSR count). The number of carbonyl (C=O) groups is 2. The summed E-state index contributed by atoms with van der Waals surface area (Å²) in [6.07, 6.45) is 4.99. The van der Waals surface area contributed by atoms with Gasteiger partial charge in [0.25, 0.3) is 0 Å². The second kappa shape index (κ2) is 8.43. The minimum Gasteiger partial charge on any atom is -0.353 e. The van der Waals surface area contributed by atoms with Gasteiger partial charge in [0.2, 0.25) is 11.8 Å². The lowest BCUT2D eigenvalue weighted by Gasteiger charge is -2.33. The molecule has 0 aliphatic carbocycles. The Balaban J connectivity index is 1.76. The number of rotatable bonds is 5. The number of amides is 2. The van der Waals surface area contributed by atoms with Gasteiger partial charge in [0.15, 0.2) is 0 Å². The van der Waals surface area contributed by atoms with Crippen LogP contribution >= 0.6 is 0 Å². The molecular weight excluding hydrogens is 292 g/mol. The number of aromatic nitrogens is 1. The fourth-order valence-electron chi connectivity index (χ4n) is 2.43. The maximum Gasteiger partial charge on any atom is 0.246 e. The Morgan fingerprint density at radius 3 is 2.61 bits per heavy atom. The highest BCUT2D eigenvalue weighted by Gasteiger charge is 2.21. The van der Waals surface area contributed by atoms with E-state index in [-0.39, 0.29) is 17.9 Å². The van der Waals surface area contributed by atoms with Crippen molar-refractivity contribution < 1.29 is 9.59 Å². The molecule has 0 radical (unpaired) electrons. The smallest absolute Gasteiger partial charge is 0.246 e. The number of nitrogens with zero attached hydrogens (tertiary/aromatic N) is 3. The molecule has 1 aliphatic rings. The summed E-state index contributed by atoms with van der Waals surface area (Å²) in [5.41, 5.74) is 0.768. The third kappa shape index (κ3) is 5.83. The van der Waals surface area contributed by atoms with Crippen LogP contribution in [0.5, 0.6) is 0 Å². The first-order chi connectivity index (χ1) is 11.0. The Labute approximate surface area is 137 Å². The topological polar surface area (TPSA) is 65.5 Å². The van der Waals surface area contributed by atoms with Gasteiger partial charge in [-0.25, -0.2) is 0 Å². The maximum absolute atomic E-state index is 12.2. The Bertz CT molecular complexity index is 549. The highest BCUT2D eigenvalue weighted by molar-refractivity contribution is 5.91. The normalized spacial score (nSPS) is 16.0. The molecule has 2 heterocycles. The molecule has 124 valence electrons. The summed E-state index contributed by atoms with van der Waals surface area (Å²) in [5.74, 6) is 0.0248. The fourth-order valence-corrected chi connectivity index (χ4v) is 2.43. The molecule has 2 amide bonds. The fraction of sp³-hybridized carbons (Fsp3) is 0.471. The first kappa shape index (κ1) is 17.1. The molecule has 0 atom stereocenters. The molecule has 0 spiro atoms. The van der Waals surface area contributed by atoms with Gasteiger partial charge in [-0.1, -0.05) is 6.07 Å². The van der Waals surface area contributed by atoms with Crippen molar-refractivity contribution in [2.24, 2.45) is 0 Å². The average Bonchev–Trinajstić information content (AvgIpc) is 2.53. The molecule has 1 fully saturated rings. The average molecular weight is 316 g/mol. The van der Waals surface area contributed by atoms with Crippen molar-refractivity contribution in [3.63, 3.8) is 0 Å². The van der Waals surface area contributed by atoms with E-state index < -0.39 is 0 Å². The summed E-state index contributed by atoms with van der Waals surface area (Å²) in [4.78, 5) is 31.9. The van der Waals surface area contributed by atoms with Crippen LogP contribution in [0, 0.1) is 0 Å². The minimum absolute atomic E-state index is 0.0121. The summed E-state index contributed by atoms with van der Waals surface area (Å²) in [6, 6.07) is 5.74. The van der Waals surface area contributed by atoms with E-state index in [2.05, 4.69) is 15.2 Å². The van der Waals surface area contributed by atoms with E-state index in [4.69, 9.17) is 0 Å². The second-order valence-electron chi connectivity index (χ2n) is 5.91. The molecule has 0 aromatic carbocycles. The van der Waals surface area contributed by atoms with Crippen molar-refractivity contribution in [2.45, 2.75) is 19.9 Å². The highest BCUT2D eigenvalue weighted by atomic mass is 16.2. The largest absolute Gasteiger partial charge is 0.353 e. The van der Waals surface area contributed by atoms with E-state index in [0.717, 1.165) is 5.69 Å². The van der Waals surface area contributed by atoms with E-state index >= 15 is 0 Å². The van der Waals surface area contributed by atoms with Crippen molar-refractivity contribution in [1.29, 1.82) is 0 Å². The first-order valence-corrected chi connectivity index (χ1v) is 7.94. The molecule has 1 N–H and O–H groups in total. The van der Waals surface area contributed by atoms with Crippen LogP contribution in [-0.4, -0.2) is 65.4 Å². The van der Waals surface area contributed by atoms with Crippen LogP contribution in [-0.2, 0) is 9.59 Å². The van der Waals surface area contributed by atoms with Gasteiger partial charge in [-0.05, 0) is 32.1 Å². The molecule has 6 heteroatoms. The zero-order chi connectivity index (χ0) is 16.7. The van der Waals surface area contributed by atoms with Gasteiger partial charge in [-0.15, -0.1) is 0 Å². The van der Waals surface area contributed by atoms with Crippen molar-refractivity contribution in [2.75, 3.05) is 32.7 Å². The number of carbonyl (C=O) groups excluding carboxylic acids is 2. The Kier molecular flexibility index (Phi) is 6.29. The lowest BCUT2D eigenvalue weighted by atomic mass is 10.2. The van der Waals surface area contributed by atoms with E-state index in [1.807, 2.05) is 32.0 Å². The minimum atomic E-state index is -0.0121. The maximum atomic E-state index is 12.2. The van der Waals surface area contributed by atoms with Gasteiger partial charge in [-0.3, -0.25) is 19.5 Å². The zero-order valence-corrected chi connectivity index (χ0v) is 13.7. The third-order valence-corrected chi connectivity index (χ3v) is 3.59. The first-order valence-electron chi connectivity index (χ1n) is 7.94. The van der Waals surface area contributed by atoms with Crippen LogP contribution < -0.4 is 5.32 Å². The quantitative estimate of drug-likeness (QED) is 0.815. The van der Waals surface area contributed by atoms with Gasteiger partial charge in [-0.2, -0.15) is 0 Å².